The summed E-state index contributed by atoms with van der Waals surface area (Å²) in [5.41, 5.74) is 5.19. The van der Waals surface area contributed by atoms with E-state index < -0.39 is 6.03 Å². The molecule has 21 heavy (non-hydrogen) atoms. The first-order chi connectivity index (χ1) is 9.88. The topological polar surface area (TPSA) is 77.6 Å². The largest absolute Gasteiger partial charge is 0.489 e. The van der Waals surface area contributed by atoms with Crippen molar-refractivity contribution in [2.45, 2.75) is 37.8 Å². The van der Waals surface area contributed by atoms with Gasteiger partial charge >= 0.3 is 6.03 Å². The van der Waals surface area contributed by atoms with Crippen molar-refractivity contribution >= 4 is 22.0 Å². The minimum atomic E-state index is -0.395. The van der Waals surface area contributed by atoms with Crippen molar-refractivity contribution in [3.8, 4) is 5.75 Å². The van der Waals surface area contributed by atoms with E-state index in [-0.39, 0.29) is 17.7 Å². The average Bonchev–Trinajstić information content (AvgIpc) is 2.44. The summed E-state index contributed by atoms with van der Waals surface area (Å²) < 4.78 is 8.18. The Balaban J connectivity index is 1.96. The third-order valence-electron chi connectivity index (χ3n) is 3.98. The van der Waals surface area contributed by atoms with Crippen LogP contribution in [0.5, 0.6) is 5.75 Å². The van der Waals surface area contributed by atoms with Crippen LogP contribution in [0.2, 0.25) is 0 Å². The lowest BCUT2D eigenvalue weighted by Crippen LogP contribution is -2.43. The Bertz CT molecular complexity index is 579. The number of pyridine rings is 1. The number of rotatable bonds is 3. The highest BCUT2D eigenvalue weighted by atomic mass is 79.9. The molecule has 1 aromatic rings. The number of aromatic nitrogens is 1. The third kappa shape index (κ3) is 3.78. The molecule has 0 radical (unpaired) electrons. The first-order valence-corrected chi connectivity index (χ1v) is 7.73. The first kappa shape index (κ1) is 15.9. The molecule has 0 saturated heterocycles. The molecular weight excluding hydrogens is 338 g/mol. The molecule has 7 heteroatoms. The van der Waals surface area contributed by atoms with Gasteiger partial charge in [-0.15, -0.1) is 0 Å². The van der Waals surface area contributed by atoms with Crippen molar-refractivity contribution < 1.29 is 9.53 Å². The molecule has 0 aliphatic heterocycles. The quantitative estimate of drug-likeness (QED) is 0.896. The van der Waals surface area contributed by atoms with E-state index in [2.05, 4.69) is 15.9 Å². The Labute approximate surface area is 132 Å². The Hall–Kier alpha value is -1.50. The number of nitrogens with zero attached hydrogens (tertiary/aromatic N) is 2. The van der Waals surface area contributed by atoms with Crippen LogP contribution in [0.1, 0.15) is 25.7 Å². The van der Waals surface area contributed by atoms with E-state index in [0.29, 0.717) is 5.75 Å². The summed E-state index contributed by atoms with van der Waals surface area (Å²) in [6.45, 7) is 0. The fraction of sp³-hybridized carbons (Fsp3) is 0.571. The molecule has 1 aliphatic carbocycles. The van der Waals surface area contributed by atoms with Crippen LogP contribution >= 0.6 is 15.9 Å². The van der Waals surface area contributed by atoms with Gasteiger partial charge in [-0.3, -0.25) is 4.79 Å². The van der Waals surface area contributed by atoms with Gasteiger partial charge in [0.25, 0.3) is 5.56 Å². The van der Waals surface area contributed by atoms with E-state index in [4.69, 9.17) is 10.5 Å². The molecule has 116 valence electrons. The number of amides is 2. The molecule has 2 rings (SSSR count). The predicted molar refractivity (Wildman–Crippen MR) is 83.4 cm³/mol. The van der Waals surface area contributed by atoms with Crippen molar-refractivity contribution in [1.82, 2.24) is 9.47 Å². The zero-order valence-corrected chi connectivity index (χ0v) is 13.8. The molecule has 6 nitrogen and oxygen atoms in total. The number of urea groups is 1. The van der Waals surface area contributed by atoms with Gasteiger partial charge in [-0.05, 0) is 41.6 Å². The summed E-state index contributed by atoms with van der Waals surface area (Å²) >= 11 is 3.41. The molecular formula is C14H20BrN3O3. The van der Waals surface area contributed by atoms with Crippen molar-refractivity contribution in [3.05, 3.63) is 27.1 Å². The van der Waals surface area contributed by atoms with E-state index >= 15 is 0 Å². The summed E-state index contributed by atoms with van der Waals surface area (Å²) in [4.78, 5) is 24.4. The number of ether oxygens (including phenoxy) is 1. The molecule has 1 aliphatic rings. The van der Waals surface area contributed by atoms with Gasteiger partial charge in [0.05, 0.1) is 10.6 Å². The second-order valence-electron chi connectivity index (χ2n) is 5.43. The monoisotopic (exact) mass is 357 g/mol. The molecule has 1 saturated carbocycles. The number of carbonyl (C=O) groups excluding carboxylic acids is 1. The van der Waals surface area contributed by atoms with Crippen molar-refractivity contribution in [2.75, 3.05) is 7.05 Å². The van der Waals surface area contributed by atoms with Gasteiger partial charge in [0, 0.05) is 32.4 Å². The number of aryl methyl sites for hydroxylation is 1. The van der Waals surface area contributed by atoms with Gasteiger partial charge < -0.3 is 19.9 Å². The van der Waals surface area contributed by atoms with Crippen LogP contribution < -0.4 is 16.0 Å². The number of halogens is 1. The highest BCUT2D eigenvalue weighted by molar-refractivity contribution is 9.10. The zero-order chi connectivity index (χ0) is 15.6. The van der Waals surface area contributed by atoms with Gasteiger partial charge in [-0.2, -0.15) is 0 Å². The van der Waals surface area contributed by atoms with Crippen LogP contribution in [-0.4, -0.2) is 34.7 Å². The van der Waals surface area contributed by atoms with Gasteiger partial charge in [0.1, 0.15) is 5.75 Å². The number of nitrogens with two attached hydrogens (primary N) is 1. The van der Waals surface area contributed by atoms with Gasteiger partial charge in [0.15, 0.2) is 0 Å². The maximum absolute atomic E-state index is 11.7. The number of primary amides is 1. The highest BCUT2D eigenvalue weighted by Crippen LogP contribution is 2.29. The van der Waals surface area contributed by atoms with Crippen LogP contribution in [0.4, 0.5) is 4.79 Å². The lowest BCUT2D eigenvalue weighted by atomic mass is 9.92. The number of carbonyl (C=O) groups is 1. The van der Waals surface area contributed by atoms with Crippen LogP contribution in [0.15, 0.2) is 21.5 Å². The molecule has 1 aromatic heterocycles. The SMILES string of the molecule is CN(C(N)=O)C1CCC(Oc2cc(=O)n(C)cc2Br)CC1. The number of hydrogen-bond acceptors (Lipinski definition) is 3. The second kappa shape index (κ2) is 6.51. The lowest BCUT2D eigenvalue weighted by Gasteiger charge is -2.34. The standard InChI is InChI=1S/C14H20BrN3O3/c1-17-8-11(15)12(7-13(17)19)21-10-5-3-9(4-6-10)18(2)14(16)20/h7-10H,3-6H2,1-2H3,(H2,16,20). The van der Waals surface area contributed by atoms with E-state index in [1.807, 2.05) is 0 Å². The van der Waals surface area contributed by atoms with Gasteiger partial charge in [0.2, 0.25) is 0 Å². The summed E-state index contributed by atoms with van der Waals surface area (Å²) in [6.07, 6.45) is 5.14. The molecule has 2 N–H and O–H groups in total. The highest BCUT2D eigenvalue weighted by Gasteiger charge is 2.27. The lowest BCUT2D eigenvalue weighted by molar-refractivity contribution is 0.110. The maximum Gasteiger partial charge on any atom is 0.314 e. The molecule has 1 heterocycles. The van der Waals surface area contributed by atoms with Gasteiger partial charge in [-0.25, -0.2) is 4.79 Å². The summed E-state index contributed by atoms with van der Waals surface area (Å²) in [6, 6.07) is 1.27. The molecule has 0 aromatic carbocycles. The normalized spacial score (nSPS) is 21.9. The van der Waals surface area contributed by atoms with E-state index in [1.54, 1.807) is 25.2 Å². The minimum Gasteiger partial charge on any atom is -0.489 e. The summed E-state index contributed by atoms with van der Waals surface area (Å²) in [7, 11) is 3.42. The van der Waals surface area contributed by atoms with Crippen molar-refractivity contribution in [3.63, 3.8) is 0 Å². The minimum absolute atomic E-state index is 0.0610. The van der Waals surface area contributed by atoms with E-state index in [9.17, 15) is 9.59 Å². The molecule has 0 spiro atoms. The summed E-state index contributed by atoms with van der Waals surface area (Å²) in [5, 5.41) is 0. The van der Waals surface area contributed by atoms with Crippen LogP contribution in [-0.2, 0) is 7.05 Å². The fourth-order valence-corrected chi connectivity index (χ4v) is 3.10. The Morgan fingerprint density at radius 2 is 2.05 bits per heavy atom. The van der Waals surface area contributed by atoms with Crippen molar-refractivity contribution in [2.24, 2.45) is 12.8 Å². The summed E-state index contributed by atoms with van der Waals surface area (Å²) in [5.74, 6) is 0.574. The van der Waals surface area contributed by atoms with Crippen molar-refractivity contribution in [1.29, 1.82) is 0 Å². The number of hydrogen-bond donors (Lipinski definition) is 1. The molecule has 0 unspecified atom stereocenters. The van der Waals surface area contributed by atoms with Crippen LogP contribution in [0.3, 0.4) is 0 Å². The Morgan fingerprint density at radius 1 is 1.43 bits per heavy atom. The van der Waals surface area contributed by atoms with Crippen LogP contribution in [0.25, 0.3) is 0 Å². The zero-order valence-electron chi connectivity index (χ0n) is 12.2. The van der Waals surface area contributed by atoms with E-state index in [0.717, 1.165) is 30.2 Å². The predicted octanol–water partition coefficient (Wildman–Crippen LogP) is 1.85. The smallest absolute Gasteiger partial charge is 0.314 e. The Kier molecular flexibility index (Phi) is 4.92. The third-order valence-corrected chi connectivity index (χ3v) is 4.57. The van der Waals surface area contributed by atoms with Gasteiger partial charge in [-0.1, -0.05) is 0 Å². The first-order valence-electron chi connectivity index (χ1n) is 6.93. The molecule has 0 bridgehead atoms. The molecule has 0 atom stereocenters. The molecule has 1 fully saturated rings. The van der Waals surface area contributed by atoms with E-state index in [1.165, 1.54) is 10.6 Å². The second-order valence-corrected chi connectivity index (χ2v) is 6.29. The Morgan fingerprint density at radius 3 is 2.62 bits per heavy atom. The maximum atomic E-state index is 11.7. The average molecular weight is 358 g/mol. The van der Waals surface area contributed by atoms with Crippen LogP contribution in [0, 0.1) is 0 Å². The molecule has 2 amide bonds. The fourth-order valence-electron chi connectivity index (χ4n) is 2.58.